The highest BCUT2D eigenvalue weighted by molar-refractivity contribution is 5.92. The molecule has 0 unspecified atom stereocenters. The molecule has 2 spiro atoms. The summed E-state index contributed by atoms with van der Waals surface area (Å²) in [6.07, 6.45) is 0. The van der Waals surface area contributed by atoms with Gasteiger partial charge in [-0.25, -0.2) is 0 Å². The predicted octanol–water partition coefficient (Wildman–Crippen LogP) is 11.3. The molecule has 11 rings (SSSR count). The second-order valence-electron chi connectivity index (χ2n) is 14.4. The molecule has 3 heterocycles. The Hall–Kier alpha value is -5.90. The fraction of sp³-hybridized carbons (Fsp3) is 0.125. The van der Waals surface area contributed by atoms with Crippen molar-refractivity contribution in [1.82, 2.24) is 4.90 Å². The van der Waals surface area contributed by atoms with Crippen LogP contribution in [0.2, 0.25) is 0 Å². The van der Waals surface area contributed by atoms with E-state index in [4.69, 9.17) is 9.47 Å². The number of ether oxygens (including phenoxy) is 2. The Bertz CT molecular complexity index is 2290. The standard InChI is InChI=1S/C48H35NO2/c1-31(32-15-3-2-4-16-32)49-29-33-17-13-23-39-45(33)46-34(30-49)18-14-24-40(46)48(37-21-7-11-27-43(37)51-44-28-12-8-22-38(44)48)47(39)35-19-5-9-25-41(35)50-42-26-10-6-20-36(42)47/h2-28,31H,29-30H2,1H3/t31-/m0/s1. The maximum absolute atomic E-state index is 6.87. The highest BCUT2D eigenvalue weighted by Crippen LogP contribution is 2.72. The molecule has 0 fully saturated rings. The third kappa shape index (κ3) is 3.61. The first-order chi connectivity index (χ1) is 25.2. The second-order valence-corrected chi connectivity index (χ2v) is 14.4. The van der Waals surface area contributed by atoms with Crippen molar-refractivity contribution >= 4 is 0 Å². The average molecular weight is 658 g/mol. The predicted molar refractivity (Wildman–Crippen MR) is 202 cm³/mol. The molecule has 0 N–H and O–H groups in total. The van der Waals surface area contributed by atoms with Crippen molar-refractivity contribution in [3.63, 3.8) is 0 Å². The molecule has 1 aliphatic carbocycles. The van der Waals surface area contributed by atoms with Gasteiger partial charge in [0.05, 0.1) is 10.8 Å². The van der Waals surface area contributed by atoms with Crippen molar-refractivity contribution in [1.29, 1.82) is 0 Å². The molecule has 0 saturated heterocycles. The van der Waals surface area contributed by atoms with Crippen LogP contribution in [0, 0.1) is 0 Å². The van der Waals surface area contributed by atoms with Crippen LogP contribution in [0.3, 0.4) is 0 Å². The second kappa shape index (κ2) is 10.6. The summed E-state index contributed by atoms with van der Waals surface area (Å²) in [6.45, 7) is 4.03. The van der Waals surface area contributed by atoms with Gasteiger partial charge in [0.2, 0.25) is 0 Å². The van der Waals surface area contributed by atoms with Crippen molar-refractivity contribution in [2.24, 2.45) is 0 Å². The van der Waals surface area contributed by atoms with Gasteiger partial charge < -0.3 is 9.47 Å². The SMILES string of the molecule is C[C@@H](c1ccccc1)N1Cc2cccc3c2-c2c(cccc2C2(c4ccccc4Oc4ccccc42)C32c3ccccc3Oc3ccccc32)C1. The molecule has 3 heteroatoms. The van der Waals surface area contributed by atoms with Gasteiger partial charge in [0, 0.05) is 41.4 Å². The highest BCUT2D eigenvalue weighted by Gasteiger charge is 2.66. The first-order valence-corrected chi connectivity index (χ1v) is 18.0. The number of para-hydroxylation sites is 4. The summed E-state index contributed by atoms with van der Waals surface area (Å²) in [6, 6.07) is 60.3. The molecule has 3 aliphatic heterocycles. The molecule has 1 atom stereocenters. The normalized spacial score (nSPS) is 17.0. The lowest BCUT2D eigenvalue weighted by Gasteiger charge is -2.59. The zero-order valence-corrected chi connectivity index (χ0v) is 28.3. The van der Waals surface area contributed by atoms with Crippen LogP contribution in [-0.4, -0.2) is 4.90 Å². The van der Waals surface area contributed by atoms with Gasteiger partial charge in [-0.1, -0.05) is 140 Å². The van der Waals surface area contributed by atoms with Crippen molar-refractivity contribution in [3.05, 3.63) is 214 Å². The van der Waals surface area contributed by atoms with Gasteiger partial charge in [0.25, 0.3) is 0 Å². The molecule has 3 nitrogen and oxygen atoms in total. The van der Waals surface area contributed by atoms with E-state index >= 15 is 0 Å². The quantitative estimate of drug-likeness (QED) is 0.185. The summed E-state index contributed by atoms with van der Waals surface area (Å²) in [5.41, 5.74) is 12.6. The lowest BCUT2D eigenvalue weighted by molar-refractivity contribution is 0.194. The number of benzene rings is 7. The minimum atomic E-state index is -0.717. The van der Waals surface area contributed by atoms with Gasteiger partial charge in [-0.05, 0) is 70.1 Å². The zero-order valence-electron chi connectivity index (χ0n) is 28.3. The van der Waals surface area contributed by atoms with Crippen LogP contribution < -0.4 is 9.47 Å². The molecule has 0 aromatic heterocycles. The van der Waals surface area contributed by atoms with E-state index in [1.807, 2.05) is 0 Å². The van der Waals surface area contributed by atoms with E-state index in [0.29, 0.717) is 0 Å². The smallest absolute Gasteiger partial charge is 0.131 e. The molecule has 7 aromatic rings. The Morgan fingerprint density at radius 2 is 0.765 bits per heavy atom. The highest BCUT2D eigenvalue weighted by atomic mass is 16.5. The topological polar surface area (TPSA) is 21.7 Å². The van der Waals surface area contributed by atoms with E-state index in [2.05, 4.69) is 176 Å². The molecular formula is C48H35NO2. The van der Waals surface area contributed by atoms with E-state index in [1.54, 1.807) is 0 Å². The monoisotopic (exact) mass is 657 g/mol. The van der Waals surface area contributed by atoms with Crippen molar-refractivity contribution in [2.75, 3.05) is 0 Å². The molecule has 0 radical (unpaired) electrons. The molecule has 7 aromatic carbocycles. The maximum Gasteiger partial charge on any atom is 0.131 e. The maximum atomic E-state index is 6.87. The summed E-state index contributed by atoms with van der Waals surface area (Å²) in [4.78, 5) is 2.65. The third-order valence-corrected chi connectivity index (χ3v) is 12.1. The Morgan fingerprint density at radius 3 is 1.18 bits per heavy atom. The first-order valence-electron chi connectivity index (χ1n) is 18.0. The average Bonchev–Trinajstić information content (AvgIpc) is 3.36. The van der Waals surface area contributed by atoms with E-state index in [9.17, 15) is 0 Å². The summed E-state index contributed by atoms with van der Waals surface area (Å²) in [5.74, 6) is 3.56. The number of nitrogens with zero attached hydrogens (tertiary/aromatic N) is 1. The van der Waals surface area contributed by atoms with Gasteiger partial charge in [0.1, 0.15) is 23.0 Å². The van der Waals surface area contributed by atoms with Crippen molar-refractivity contribution < 1.29 is 9.47 Å². The van der Waals surface area contributed by atoms with Crippen LogP contribution in [0.5, 0.6) is 23.0 Å². The number of hydrogen-bond acceptors (Lipinski definition) is 3. The van der Waals surface area contributed by atoms with E-state index < -0.39 is 10.8 Å². The van der Waals surface area contributed by atoms with Crippen LogP contribution in [0.1, 0.15) is 63.0 Å². The van der Waals surface area contributed by atoms with Crippen LogP contribution in [0.4, 0.5) is 0 Å². The minimum Gasteiger partial charge on any atom is -0.457 e. The Kier molecular flexibility index (Phi) is 5.98. The number of hydrogen-bond donors (Lipinski definition) is 0. The van der Waals surface area contributed by atoms with Crippen LogP contribution in [0.15, 0.2) is 164 Å². The van der Waals surface area contributed by atoms with Gasteiger partial charge >= 0.3 is 0 Å². The Morgan fingerprint density at radius 1 is 0.412 bits per heavy atom. The fourth-order valence-corrected chi connectivity index (χ4v) is 10.2. The third-order valence-electron chi connectivity index (χ3n) is 12.1. The number of fused-ring (bicyclic) bond motifs is 11. The lowest BCUT2D eigenvalue weighted by Crippen LogP contribution is -2.57. The van der Waals surface area contributed by atoms with E-state index in [-0.39, 0.29) is 6.04 Å². The molecule has 4 aliphatic rings. The van der Waals surface area contributed by atoms with Gasteiger partial charge in [-0.3, -0.25) is 4.90 Å². The Balaban J connectivity index is 1.36. The van der Waals surface area contributed by atoms with E-state index in [0.717, 1.165) is 36.1 Å². The molecular weight excluding hydrogens is 623 g/mol. The molecule has 51 heavy (non-hydrogen) atoms. The van der Waals surface area contributed by atoms with Gasteiger partial charge in [-0.2, -0.15) is 0 Å². The van der Waals surface area contributed by atoms with Crippen LogP contribution >= 0.6 is 0 Å². The summed E-state index contributed by atoms with van der Waals surface area (Å²) >= 11 is 0. The largest absolute Gasteiger partial charge is 0.457 e. The van der Waals surface area contributed by atoms with Crippen LogP contribution in [-0.2, 0) is 23.9 Å². The summed E-state index contributed by atoms with van der Waals surface area (Å²) in [5, 5.41) is 0. The molecule has 0 amide bonds. The molecule has 244 valence electrons. The lowest BCUT2D eigenvalue weighted by atomic mass is 9.42. The van der Waals surface area contributed by atoms with E-state index in [1.165, 1.54) is 61.2 Å². The van der Waals surface area contributed by atoms with Gasteiger partial charge in [0.15, 0.2) is 0 Å². The minimum absolute atomic E-state index is 0.232. The number of rotatable bonds is 2. The summed E-state index contributed by atoms with van der Waals surface area (Å²) < 4.78 is 13.7. The Labute approximate surface area is 298 Å². The molecule has 0 saturated carbocycles. The fourth-order valence-electron chi connectivity index (χ4n) is 10.2. The van der Waals surface area contributed by atoms with Crippen LogP contribution in [0.25, 0.3) is 11.1 Å². The van der Waals surface area contributed by atoms with Crippen molar-refractivity contribution in [3.8, 4) is 34.1 Å². The van der Waals surface area contributed by atoms with Gasteiger partial charge in [-0.15, -0.1) is 0 Å². The summed E-state index contributed by atoms with van der Waals surface area (Å²) in [7, 11) is 0. The van der Waals surface area contributed by atoms with Crippen molar-refractivity contribution in [2.45, 2.75) is 36.9 Å². The molecule has 0 bridgehead atoms. The first kappa shape index (κ1) is 28.9. The zero-order chi connectivity index (χ0) is 33.7.